The normalized spacial score (nSPS) is 19.1. The van der Waals surface area contributed by atoms with Crippen LogP contribution < -0.4 is 11.3 Å². The highest BCUT2D eigenvalue weighted by Gasteiger charge is 2.22. The number of hydrogen-bond acceptors (Lipinski definition) is 3. The Labute approximate surface area is 125 Å². The van der Waals surface area contributed by atoms with Crippen molar-refractivity contribution in [1.29, 1.82) is 0 Å². The molecule has 2 aromatic rings. The predicted molar refractivity (Wildman–Crippen MR) is 87.8 cm³/mol. The van der Waals surface area contributed by atoms with Crippen LogP contribution in [0.2, 0.25) is 0 Å². The molecule has 3 rings (SSSR count). The maximum Gasteiger partial charge on any atom is 0.0345 e. The average Bonchev–Trinajstić information content (AvgIpc) is 2.71. The van der Waals surface area contributed by atoms with Gasteiger partial charge in [0.15, 0.2) is 0 Å². The Hall–Kier alpha value is -0.900. The molecule has 1 fully saturated rings. The molecular weight excluding hydrogens is 264 g/mol. The van der Waals surface area contributed by atoms with Crippen molar-refractivity contribution in [3.05, 3.63) is 35.2 Å². The van der Waals surface area contributed by atoms with Crippen LogP contribution in [0.25, 0.3) is 10.1 Å². The van der Waals surface area contributed by atoms with E-state index in [1.165, 1.54) is 54.2 Å². The Bertz CT molecular complexity index is 541. The van der Waals surface area contributed by atoms with Crippen molar-refractivity contribution in [2.45, 2.75) is 51.0 Å². The molecule has 1 atom stereocenters. The largest absolute Gasteiger partial charge is 0.271 e. The van der Waals surface area contributed by atoms with Gasteiger partial charge in [-0.1, -0.05) is 43.9 Å². The highest BCUT2D eigenvalue weighted by atomic mass is 32.1. The predicted octanol–water partition coefficient (Wildman–Crippen LogP) is 4.25. The summed E-state index contributed by atoms with van der Waals surface area (Å²) in [4.78, 5) is 0. The second kappa shape index (κ2) is 6.70. The van der Waals surface area contributed by atoms with Gasteiger partial charge in [-0.15, -0.1) is 11.3 Å². The average molecular weight is 288 g/mol. The summed E-state index contributed by atoms with van der Waals surface area (Å²) in [7, 11) is 0. The van der Waals surface area contributed by atoms with E-state index in [4.69, 9.17) is 5.84 Å². The second-order valence-electron chi connectivity index (χ2n) is 5.99. The van der Waals surface area contributed by atoms with Gasteiger partial charge in [0.25, 0.3) is 0 Å². The van der Waals surface area contributed by atoms with Gasteiger partial charge in [0.05, 0.1) is 0 Å². The summed E-state index contributed by atoms with van der Waals surface area (Å²) in [5.74, 6) is 6.61. The number of rotatable bonds is 4. The molecule has 0 radical (unpaired) electrons. The van der Waals surface area contributed by atoms with Crippen LogP contribution in [-0.2, 0) is 6.42 Å². The van der Waals surface area contributed by atoms with Crippen LogP contribution in [0.15, 0.2) is 29.6 Å². The number of nitrogens with one attached hydrogen (secondary N) is 1. The molecule has 1 aliphatic carbocycles. The van der Waals surface area contributed by atoms with E-state index in [2.05, 4.69) is 35.1 Å². The smallest absolute Gasteiger partial charge is 0.0345 e. The molecule has 1 aliphatic rings. The number of benzene rings is 1. The molecule has 1 saturated carbocycles. The van der Waals surface area contributed by atoms with Crippen LogP contribution in [0.3, 0.4) is 0 Å². The van der Waals surface area contributed by atoms with Crippen LogP contribution in [0, 0.1) is 5.92 Å². The van der Waals surface area contributed by atoms with E-state index in [0.717, 1.165) is 12.3 Å². The monoisotopic (exact) mass is 288 g/mol. The molecule has 1 aromatic heterocycles. The fourth-order valence-electron chi connectivity index (χ4n) is 3.50. The summed E-state index contributed by atoms with van der Waals surface area (Å²) in [6.45, 7) is 0. The van der Waals surface area contributed by atoms with Crippen LogP contribution in [0.1, 0.15) is 44.1 Å². The fraction of sp³-hybridized carbons (Fsp3) is 0.529. The third-order valence-corrected chi connectivity index (χ3v) is 5.70. The van der Waals surface area contributed by atoms with Crippen molar-refractivity contribution in [1.82, 2.24) is 5.43 Å². The van der Waals surface area contributed by atoms with Gasteiger partial charge in [0.2, 0.25) is 0 Å². The van der Waals surface area contributed by atoms with E-state index in [0.29, 0.717) is 6.04 Å². The summed E-state index contributed by atoms with van der Waals surface area (Å²) >= 11 is 1.85. The van der Waals surface area contributed by atoms with Crippen molar-refractivity contribution < 1.29 is 0 Å². The van der Waals surface area contributed by atoms with Crippen molar-refractivity contribution in [2.75, 3.05) is 0 Å². The van der Waals surface area contributed by atoms with Crippen LogP contribution >= 0.6 is 11.3 Å². The van der Waals surface area contributed by atoms with E-state index in [1.54, 1.807) is 0 Å². The minimum Gasteiger partial charge on any atom is -0.271 e. The van der Waals surface area contributed by atoms with Gasteiger partial charge in [-0.25, -0.2) is 0 Å². The molecule has 1 heterocycles. The SMILES string of the molecule is NNC(Cc1csc2ccccc12)C1CCCCCC1. The lowest BCUT2D eigenvalue weighted by molar-refractivity contribution is 0.321. The molecule has 1 aromatic carbocycles. The Morgan fingerprint density at radius 1 is 1.15 bits per heavy atom. The third kappa shape index (κ3) is 3.05. The number of fused-ring (bicyclic) bond motifs is 1. The van der Waals surface area contributed by atoms with Crippen molar-refractivity contribution >= 4 is 21.4 Å². The standard InChI is InChI=1S/C17H24N2S/c18-19-16(13-7-3-1-2-4-8-13)11-14-12-20-17-10-6-5-9-15(14)17/h5-6,9-10,12-13,16,19H,1-4,7-8,11,18H2. The van der Waals surface area contributed by atoms with Gasteiger partial charge in [0.1, 0.15) is 0 Å². The van der Waals surface area contributed by atoms with E-state index < -0.39 is 0 Å². The molecule has 0 saturated heterocycles. The number of thiophene rings is 1. The lowest BCUT2D eigenvalue weighted by Gasteiger charge is -2.25. The topological polar surface area (TPSA) is 38.0 Å². The van der Waals surface area contributed by atoms with Gasteiger partial charge >= 0.3 is 0 Å². The van der Waals surface area contributed by atoms with Gasteiger partial charge in [-0.3, -0.25) is 11.3 Å². The van der Waals surface area contributed by atoms with E-state index in [-0.39, 0.29) is 0 Å². The molecule has 3 N–H and O–H groups in total. The third-order valence-electron chi connectivity index (χ3n) is 4.68. The highest BCUT2D eigenvalue weighted by molar-refractivity contribution is 7.17. The molecule has 3 heteroatoms. The molecule has 108 valence electrons. The van der Waals surface area contributed by atoms with Gasteiger partial charge in [0, 0.05) is 10.7 Å². The molecule has 1 unspecified atom stereocenters. The Kier molecular flexibility index (Phi) is 4.71. The summed E-state index contributed by atoms with van der Waals surface area (Å²) in [6, 6.07) is 9.12. The van der Waals surface area contributed by atoms with Crippen molar-refractivity contribution in [3.8, 4) is 0 Å². The maximum atomic E-state index is 5.87. The van der Waals surface area contributed by atoms with Crippen molar-refractivity contribution in [2.24, 2.45) is 11.8 Å². The molecule has 2 nitrogen and oxygen atoms in total. The molecular formula is C17H24N2S. The van der Waals surface area contributed by atoms with E-state index >= 15 is 0 Å². The minimum atomic E-state index is 0.422. The molecule has 20 heavy (non-hydrogen) atoms. The molecule has 0 spiro atoms. The van der Waals surface area contributed by atoms with E-state index in [1.807, 2.05) is 11.3 Å². The lowest BCUT2D eigenvalue weighted by atomic mass is 9.88. The molecule has 0 amide bonds. The van der Waals surface area contributed by atoms with Crippen molar-refractivity contribution in [3.63, 3.8) is 0 Å². The van der Waals surface area contributed by atoms with E-state index in [9.17, 15) is 0 Å². The number of hydrazine groups is 1. The first-order chi connectivity index (χ1) is 9.88. The summed E-state index contributed by atoms with van der Waals surface area (Å²) in [5, 5.41) is 3.72. The first-order valence-electron chi connectivity index (χ1n) is 7.79. The van der Waals surface area contributed by atoms with Gasteiger partial charge < -0.3 is 0 Å². The second-order valence-corrected chi connectivity index (χ2v) is 6.90. The van der Waals surface area contributed by atoms with Crippen LogP contribution in [0.5, 0.6) is 0 Å². The number of hydrogen-bond donors (Lipinski definition) is 2. The minimum absolute atomic E-state index is 0.422. The first kappa shape index (κ1) is 14.1. The van der Waals surface area contributed by atoms with Gasteiger partial charge in [-0.2, -0.15) is 0 Å². The first-order valence-corrected chi connectivity index (χ1v) is 8.67. The zero-order valence-corrected chi connectivity index (χ0v) is 12.8. The summed E-state index contributed by atoms with van der Waals surface area (Å²) in [5.41, 5.74) is 4.56. The Morgan fingerprint density at radius 3 is 2.65 bits per heavy atom. The Morgan fingerprint density at radius 2 is 1.90 bits per heavy atom. The summed E-state index contributed by atoms with van der Waals surface area (Å²) < 4.78 is 1.39. The highest BCUT2D eigenvalue weighted by Crippen LogP contribution is 2.31. The zero-order chi connectivity index (χ0) is 13.8. The van der Waals surface area contributed by atoms with Crippen LogP contribution in [0.4, 0.5) is 0 Å². The molecule has 0 bridgehead atoms. The van der Waals surface area contributed by atoms with Gasteiger partial charge in [-0.05, 0) is 47.6 Å². The summed E-state index contributed by atoms with van der Waals surface area (Å²) in [6.07, 6.45) is 9.25. The Balaban J connectivity index is 1.76. The maximum absolute atomic E-state index is 5.87. The lowest BCUT2D eigenvalue weighted by Crippen LogP contribution is -2.42. The van der Waals surface area contributed by atoms with Crippen LogP contribution in [-0.4, -0.2) is 6.04 Å². The fourth-order valence-corrected chi connectivity index (χ4v) is 4.48. The number of nitrogens with two attached hydrogens (primary N) is 1. The zero-order valence-electron chi connectivity index (χ0n) is 12.0. The molecule has 0 aliphatic heterocycles. The quantitative estimate of drug-likeness (QED) is 0.501.